The number of halogens is 1. The van der Waals surface area contributed by atoms with E-state index in [0.29, 0.717) is 17.4 Å². The minimum absolute atomic E-state index is 0.177. The highest BCUT2D eigenvalue weighted by molar-refractivity contribution is 6.06. The number of hydrogen-bond donors (Lipinski definition) is 3. The van der Waals surface area contributed by atoms with E-state index in [9.17, 15) is 19.1 Å². The first-order valence-corrected chi connectivity index (χ1v) is 10.7. The molecule has 9 nitrogen and oxygen atoms in total. The second-order valence-corrected chi connectivity index (χ2v) is 7.81. The average molecular weight is 451 g/mol. The number of aromatic nitrogens is 1. The van der Waals surface area contributed by atoms with Crippen molar-refractivity contribution in [2.24, 2.45) is 5.92 Å². The van der Waals surface area contributed by atoms with Gasteiger partial charge in [0.1, 0.15) is 11.4 Å². The number of nitrogens with one attached hydrogen (secondary N) is 2. The van der Waals surface area contributed by atoms with Crippen LogP contribution in [0, 0.1) is 11.7 Å². The quantitative estimate of drug-likeness (QED) is 0.502. The van der Waals surface area contributed by atoms with Gasteiger partial charge in [-0.1, -0.05) is 0 Å². The molecule has 0 spiro atoms. The highest BCUT2D eigenvalue weighted by atomic mass is 19.1. The molecule has 1 aromatic heterocycles. The molecule has 32 heavy (non-hydrogen) atoms. The number of aromatic amines is 1. The highest BCUT2D eigenvalue weighted by Gasteiger charge is 2.26. The molecule has 2 aromatic rings. The summed E-state index contributed by atoms with van der Waals surface area (Å²) in [4.78, 5) is 29.4. The fourth-order valence-electron chi connectivity index (χ4n) is 3.90. The lowest BCUT2D eigenvalue weighted by Gasteiger charge is -2.33. The number of aliphatic hydroxyl groups excluding tert-OH is 1. The van der Waals surface area contributed by atoms with E-state index in [2.05, 4.69) is 15.2 Å². The fraction of sp³-hybridized carbons (Fsp3) is 0.545. The number of aliphatic hydroxyl groups is 1. The number of carbonyl (C=O) groups excluding carboxylic acids is 2. The van der Waals surface area contributed by atoms with E-state index in [1.165, 1.54) is 19.2 Å². The van der Waals surface area contributed by atoms with Crippen LogP contribution in [-0.4, -0.2) is 79.7 Å². The standard InChI is InChI=1S/C22H30FN3O6/c1-3-31-22(29)24-16(12-27)11-26-8-6-14(7-9-26)13-32-21(28)19-17-10-15(23)4-5-18(17)25-20(19)30-2/h4-5,10,14,16,25,27H,3,6-9,11-13H2,1-2H3,(H,24,29)/t16-/m1/s1. The lowest BCUT2D eigenvalue weighted by Crippen LogP contribution is -2.48. The molecule has 3 N–H and O–H groups in total. The number of amides is 1. The van der Waals surface area contributed by atoms with Crippen molar-refractivity contribution in [3.63, 3.8) is 0 Å². The number of likely N-dealkylation sites (tertiary alicyclic amines) is 1. The smallest absolute Gasteiger partial charge is 0.407 e. The molecule has 0 radical (unpaired) electrons. The summed E-state index contributed by atoms with van der Waals surface area (Å²) >= 11 is 0. The number of ether oxygens (including phenoxy) is 3. The topological polar surface area (TPSA) is 113 Å². The second kappa shape index (κ2) is 11.1. The Balaban J connectivity index is 1.50. The van der Waals surface area contributed by atoms with Gasteiger partial charge in [0, 0.05) is 17.4 Å². The van der Waals surface area contributed by atoms with Crippen molar-refractivity contribution in [2.75, 3.05) is 46.6 Å². The van der Waals surface area contributed by atoms with Gasteiger partial charge in [0.15, 0.2) is 0 Å². The molecule has 1 amide bonds. The number of esters is 1. The Morgan fingerprint density at radius 1 is 1.31 bits per heavy atom. The lowest BCUT2D eigenvalue weighted by atomic mass is 9.97. The molecule has 1 aliphatic rings. The van der Waals surface area contributed by atoms with Crippen LogP contribution in [-0.2, 0) is 9.47 Å². The number of nitrogens with zero attached hydrogens (tertiary/aromatic N) is 1. The summed E-state index contributed by atoms with van der Waals surface area (Å²) in [5.74, 6) is -0.567. The molecule has 176 valence electrons. The molecular weight excluding hydrogens is 421 g/mol. The summed E-state index contributed by atoms with van der Waals surface area (Å²) in [7, 11) is 1.43. The zero-order valence-corrected chi connectivity index (χ0v) is 18.4. The van der Waals surface area contributed by atoms with Crippen molar-refractivity contribution in [3.05, 3.63) is 29.6 Å². The van der Waals surface area contributed by atoms with Crippen LogP contribution in [0.25, 0.3) is 10.9 Å². The van der Waals surface area contributed by atoms with Gasteiger partial charge in [-0.25, -0.2) is 14.0 Å². The Morgan fingerprint density at radius 2 is 2.06 bits per heavy atom. The number of H-pyrrole nitrogens is 1. The molecule has 10 heteroatoms. The number of piperidine rings is 1. The van der Waals surface area contributed by atoms with Crippen LogP contribution in [0.5, 0.6) is 5.88 Å². The van der Waals surface area contributed by atoms with Crippen molar-refractivity contribution < 1.29 is 33.3 Å². The van der Waals surface area contributed by atoms with E-state index in [0.717, 1.165) is 25.9 Å². The van der Waals surface area contributed by atoms with Crippen molar-refractivity contribution in [1.29, 1.82) is 0 Å². The van der Waals surface area contributed by atoms with E-state index in [1.807, 2.05) is 0 Å². The Kier molecular flexibility index (Phi) is 8.29. The Bertz CT molecular complexity index is 926. The predicted octanol–water partition coefficient (Wildman–Crippen LogP) is 2.29. The Morgan fingerprint density at radius 3 is 2.72 bits per heavy atom. The maximum Gasteiger partial charge on any atom is 0.407 e. The molecule has 1 atom stereocenters. The van der Waals surface area contributed by atoms with Crippen molar-refractivity contribution in [1.82, 2.24) is 15.2 Å². The molecule has 3 rings (SSSR count). The molecule has 0 aliphatic carbocycles. The van der Waals surface area contributed by atoms with Gasteiger partial charge >= 0.3 is 12.1 Å². The third-order valence-electron chi connectivity index (χ3n) is 5.59. The number of benzene rings is 1. The fourth-order valence-corrected chi connectivity index (χ4v) is 3.90. The minimum Gasteiger partial charge on any atom is -0.482 e. The maximum atomic E-state index is 13.7. The first-order chi connectivity index (χ1) is 15.4. The first kappa shape index (κ1) is 23.8. The van der Waals surface area contributed by atoms with Crippen LogP contribution in [0.2, 0.25) is 0 Å². The Hall–Kier alpha value is -2.85. The molecule has 1 aromatic carbocycles. The van der Waals surface area contributed by atoms with Gasteiger partial charge in [0.25, 0.3) is 0 Å². The van der Waals surface area contributed by atoms with Crippen molar-refractivity contribution in [3.8, 4) is 5.88 Å². The van der Waals surface area contributed by atoms with Gasteiger partial charge in [0.05, 0.1) is 33.0 Å². The lowest BCUT2D eigenvalue weighted by molar-refractivity contribution is 0.0362. The molecule has 0 unspecified atom stereocenters. The minimum atomic E-state index is -0.555. The number of carbonyl (C=O) groups is 2. The highest BCUT2D eigenvalue weighted by Crippen LogP contribution is 2.30. The molecule has 1 saturated heterocycles. The average Bonchev–Trinajstić information content (AvgIpc) is 3.15. The van der Waals surface area contributed by atoms with Crippen molar-refractivity contribution >= 4 is 23.0 Å². The largest absolute Gasteiger partial charge is 0.482 e. The van der Waals surface area contributed by atoms with E-state index in [-0.39, 0.29) is 37.2 Å². The summed E-state index contributed by atoms with van der Waals surface area (Å²) in [6, 6.07) is 3.74. The van der Waals surface area contributed by atoms with Gasteiger partial charge in [-0.2, -0.15) is 0 Å². The number of alkyl carbamates (subject to hydrolysis) is 1. The summed E-state index contributed by atoms with van der Waals surface area (Å²) in [6.07, 6.45) is 1.08. The van der Waals surface area contributed by atoms with Gasteiger partial charge in [-0.15, -0.1) is 0 Å². The zero-order chi connectivity index (χ0) is 23.1. The number of methoxy groups -OCH3 is 1. The summed E-state index contributed by atoms with van der Waals surface area (Å²) in [6.45, 7) is 4.09. The van der Waals surface area contributed by atoms with E-state index in [1.54, 1.807) is 13.0 Å². The van der Waals surface area contributed by atoms with Gasteiger partial charge in [-0.3, -0.25) is 0 Å². The van der Waals surface area contributed by atoms with Gasteiger partial charge in [-0.05, 0) is 57.0 Å². The molecule has 1 fully saturated rings. The predicted molar refractivity (Wildman–Crippen MR) is 115 cm³/mol. The van der Waals surface area contributed by atoms with Crippen LogP contribution in [0.3, 0.4) is 0 Å². The van der Waals surface area contributed by atoms with E-state index < -0.39 is 23.9 Å². The van der Waals surface area contributed by atoms with Crippen LogP contribution in [0.1, 0.15) is 30.1 Å². The monoisotopic (exact) mass is 451 g/mol. The van der Waals surface area contributed by atoms with E-state index >= 15 is 0 Å². The summed E-state index contributed by atoms with van der Waals surface area (Å²) in [5, 5.41) is 12.6. The first-order valence-electron chi connectivity index (χ1n) is 10.7. The normalized spacial score (nSPS) is 16.0. The third kappa shape index (κ3) is 5.89. The molecule has 0 saturated carbocycles. The molecule has 0 bridgehead atoms. The maximum absolute atomic E-state index is 13.7. The van der Waals surface area contributed by atoms with Crippen LogP contribution < -0.4 is 10.1 Å². The number of fused-ring (bicyclic) bond motifs is 1. The van der Waals surface area contributed by atoms with Gasteiger partial charge < -0.3 is 34.5 Å². The second-order valence-electron chi connectivity index (χ2n) is 7.81. The molecule has 1 aliphatic heterocycles. The zero-order valence-electron chi connectivity index (χ0n) is 18.4. The molecule has 2 heterocycles. The summed E-state index contributed by atoms with van der Waals surface area (Å²) in [5.41, 5.74) is 0.786. The number of rotatable bonds is 9. The Labute approximate surface area is 185 Å². The van der Waals surface area contributed by atoms with Crippen molar-refractivity contribution in [2.45, 2.75) is 25.8 Å². The van der Waals surface area contributed by atoms with Crippen LogP contribution >= 0.6 is 0 Å². The molecular formula is C22H30FN3O6. The van der Waals surface area contributed by atoms with E-state index in [4.69, 9.17) is 14.2 Å². The van der Waals surface area contributed by atoms with Crippen LogP contribution in [0.4, 0.5) is 9.18 Å². The van der Waals surface area contributed by atoms with Gasteiger partial charge in [0.2, 0.25) is 5.88 Å². The van der Waals surface area contributed by atoms with Crippen LogP contribution in [0.15, 0.2) is 18.2 Å². The number of hydrogen-bond acceptors (Lipinski definition) is 7. The SMILES string of the molecule is CCOC(=O)N[C@@H](CO)CN1CCC(COC(=O)c2c(OC)[nH]c3ccc(F)cc23)CC1. The summed E-state index contributed by atoms with van der Waals surface area (Å²) < 4.78 is 29.3. The third-order valence-corrected chi connectivity index (χ3v) is 5.59.